The minimum absolute atomic E-state index is 0.1000. The first-order valence-electron chi connectivity index (χ1n) is 10.4. The van der Waals surface area contributed by atoms with Crippen LogP contribution < -0.4 is 19.2 Å². The highest BCUT2D eigenvalue weighted by molar-refractivity contribution is 7.92. The Bertz CT molecular complexity index is 1310. The molecule has 0 atom stereocenters. The lowest BCUT2D eigenvalue weighted by molar-refractivity contribution is -0.119. The third-order valence-electron chi connectivity index (χ3n) is 4.98. The second kappa shape index (κ2) is 9.92. The first-order chi connectivity index (χ1) is 16.3. The number of nitrogens with one attached hydrogen (secondary N) is 1. The summed E-state index contributed by atoms with van der Waals surface area (Å²) in [6, 6.07) is 16.5. The van der Waals surface area contributed by atoms with Crippen LogP contribution in [0.3, 0.4) is 0 Å². The van der Waals surface area contributed by atoms with Crippen LogP contribution in [-0.4, -0.2) is 40.3 Å². The molecule has 0 aromatic heterocycles. The Hall–Kier alpha value is -3.92. The number of hydrogen-bond acceptors (Lipinski definition) is 6. The molecule has 1 aliphatic rings. The number of fused-ring (bicyclic) bond motifs is 1. The lowest BCUT2D eigenvalue weighted by Crippen LogP contribution is -2.39. The van der Waals surface area contributed by atoms with Crippen molar-refractivity contribution in [1.29, 1.82) is 0 Å². The van der Waals surface area contributed by atoms with Gasteiger partial charge in [-0.3, -0.25) is 9.10 Å². The largest absolute Gasteiger partial charge is 0.486 e. The van der Waals surface area contributed by atoms with E-state index in [1.807, 2.05) is 31.2 Å². The second-order valence-electron chi connectivity index (χ2n) is 7.50. The van der Waals surface area contributed by atoms with Crippen LogP contribution in [0.1, 0.15) is 11.1 Å². The molecule has 0 bridgehead atoms. The summed E-state index contributed by atoms with van der Waals surface area (Å²) in [6.07, 6.45) is 1.45. The number of ether oxygens (including phenoxy) is 2. The van der Waals surface area contributed by atoms with Gasteiger partial charge in [-0.15, -0.1) is 0 Å². The summed E-state index contributed by atoms with van der Waals surface area (Å²) in [5.41, 5.74) is 4.31. The van der Waals surface area contributed by atoms with Crippen molar-refractivity contribution < 1.29 is 27.1 Å². The second-order valence-corrected chi connectivity index (χ2v) is 9.36. The average Bonchev–Trinajstić information content (AvgIpc) is 2.84. The molecule has 0 spiro atoms. The minimum Gasteiger partial charge on any atom is -0.486 e. The third kappa shape index (κ3) is 5.34. The van der Waals surface area contributed by atoms with E-state index in [-0.39, 0.29) is 10.6 Å². The summed E-state index contributed by atoms with van der Waals surface area (Å²) in [7, 11) is -4.21. The van der Waals surface area contributed by atoms with E-state index in [0.717, 1.165) is 27.6 Å². The van der Waals surface area contributed by atoms with Gasteiger partial charge in [0.15, 0.2) is 11.5 Å². The van der Waals surface area contributed by atoms with Crippen molar-refractivity contribution in [1.82, 2.24) is 5.43 Å². The Morgan fingerprint density at radius 2 is 1.71 bits per heavy atom. The molecule has 1 aliphatic heterocycles. The van der Waals surface area contributed by atoms with E-state index in [1.165, 1.54) is 36.5 Å². The van der Waals surface area contributed by atoms with Gasteiger partial charge >= 0.3 is 0 Å². The SMILES string of the molecule is Cc1ccc(/C=N\NC(=O)CN(c2ccc(F)cc2)S(=O)(=O)c2ccc3c(c2)OCCO3)cc1. The molecule has 1 amide bonds. The van der Waals surface area contributed by atoms with Crippen molar-refractivity contribution in [2.45, 2.75) is 11.8 Å². The predicted octanol–water partition coefficient (Wildman–Crippen LogP) is 3.25. The van der Waals surface area contributed by atoms with Gasteiger partial charge in [-0.25, -0.2) is 18.2 Å². The number of carbonyl (C=O) groups excluding carboxylic acids is 1. The number of carbonyl (C=O) groups is 1. The number of anilines is 1. The Morgan fingerprint density at radius 3 is 2.41 bits per heavy atom. The smallest absolute Gasteiger partial charge is 0.264 e. The topological polar surface area (TPSA) is 97.3 Å². The normalized spacial score (nSPS) is 13.0. The van der Waals surface area contributed by atoms with Crippen molar-refractivity contribution in [2.75, 3.05) is 24.1 Å². The van der Waals surface area contributed by atoms with Gasteiger partial charge in [-0.05, 0) is 48.9 Å². The molecule has 34 heavy (non-hydrogen) atoms. The molecule has 176 valence electrons. The summed E-state index contributed by atoms with van der Waals surface area (Å²) >= 11 is 0. The van der Waals surface area contributed by atoms with Crippen LogP contribution in [-0.2, 0) is 14.8 Å². The van der Waals surface area contributed by atoms with Crippen LogP contribution in [0.15, 0.2) is 76.7 Å². The zero-order chi connectivity index (χ0) is 24.1. The summed E-state index contributed by atoms with van der Waals surface area (Å²) in [6.45, 7) is 2.03. The van der Waals surface area contributed by atoms with Gasteiger partial charge in [0.25, 0.3) is 15.9 Å². The van der Waals surface area contributed by atoms with E-state index in [4.69, 9.17) is 9.47 Å². The van der Waals surface area contributed by atoms with Crippen molar-refractivity contribution in [3.05, 3.63) is 83.7 Å². The maximum Gasteiger partial charge on any atom is 0.264 e. The van der Waals surface area contributed by atoms with Crippen molar-refractivity contribution in [2.24, 2.45) is 5.10 Å². The van der Waals surface area contributed by atoms with E-state index < -0.39 is 28.3 Å². The minimum atomic E-state index is -4.21. The quantitative estimate of drug-likeness (QED) is 0.411. The first kappa shape index (κ1) is 23.2. The number of amides is 1. The number of hydrogen-bond donors (Lipinski definition) is 1. The number of nitrogens with zero attached hydrogens (tertiary/aromatic N) is 2. The van der Waals surface area contributed by atoms with E-state index in [0.29, 0.717) is 24.7 Å². The molecule has 0 fully saturated rings. The molecule has 4 rings (SSSR count). The van der Waals surface area contributed by atoms with Crippen LogP contribution in [0.4, 0.5) is 10.1 Å². The van der Waals surface area contributed by atoms with Gasteiger partial charge in [0.1, 0.15) is 25.6 Å². The Labute approximate surface area is 196 Å². The van der Waals surface area contributed by atoms with E-state index in [2.05, 4.69) is 10.5 Å². The Morgan fingerprint density at radius 1 is 1.03 bits per heavy atom. The zero-order valence-corrected chi connectivity index (χ0v) is 19.1. The van der Waals surface area contributed by atoms with E-state index in [9.17, 15) is 17.6 Å². The molecule has 8 nitrogen and oxygen atoms in total. The molecule has 0 unspecified atom stereocenters. The molecule has 0 aliphatic carbocycles. The van der Waals surface area contributed by atoms with Crippen molar-refractivity contribution in [3.63, 3.8) is 0 Å². The van der Waals surface area contributed by atoms with Gasteiger partial charge in [0.05, 0.1) is 16.8 Å². The molecule has 0 saturated carbocycles. The molecular formula is C24H22FN3O5S. The first-order valence-corrected chi connectivity index (χ1v) is 11.8. The number of rotatable bonds is 7. The fraction of sp³-hybridized carbons (Fsp3) is 0.167. The predicted molar refractivity (Wildman–Crippen MR) is 125 cm³/mol. The molecule has 3 aromatic rings. The third-order valence-corrected chi connectivity index (χ3v) is 6.75. The molecule has 1 heterocycles. The highest BCUT2D eigenvalue weighted by atomic mass is 32.2. The standard InChI is InChI=1S/C24H22FN3O5S/c1-17-2-4-18(5-3-17)15-26-27-24(29)16-28(20-8-6-19(25)7-9-20)34(30,31)21-10-11-22-23(14-21)33-13-12-32-22/h2-11,14-15H,12-13,16H2,1H3,(H,27,29)/b26-15-. The molecular weight excluding hydrogens is 461 g/mol. The molecule has 1 N–H and O–H groups in total. The summed E-state index contributed by atoms with van der Waals surface area (Å²) < 4.78 is 52.3. The van der Waals surface area contributed by atoms with Gasteiger partial charge in [-0.1, -0.05) is 29.8 Å². The summed E-state index contributed by atoms with van der Waals surface area (Å²) in [5.74, 6) is -0.485. The maximum absolute atomic E-state index is 13.5. The van der Waals surface area contributed by atoms with Crippen molar-refractivity contribution in [3.8, 4) is 11.5 Å². The zero-order valence-electron chi connectivity index (χ0n) is 18.3. The molecule has 10 heteroatoms. The molecule has 0 radical (unpaired) electrons. The van der Waals surface area contributed by atoms with Gasteiger partial charge in [-0.2, -0.15) is 5.10 Å². The number of sulfonamides is 1. The highest BCUT2D eigenvalue weighted by Crippen LogP contribution is 2.34. The maximum atomic E-state index is 13.5. The van der Waals surface area contributed by atoms with E-state index >= 15 is 0 Å². The lowest BCUT2D eigenvalue weighted by atomic mass is 10.2. The fourth-order valence-electron chi connectivity index (χ4n) is 3.23. The van der Waals surface area contributed by atoms with E-state index in [1.54, 1.807) is 0 Å². The van der Waals surface area contributed by atoms with Crippen LogP contribution in [0.25, 0.3) is 0 Å². The van der Waals surface area contributed by atoms with Crippen molar-refractivity contribution >= 4 is 27.8 Å². The molecule has 3 aromatic carbocycles. The fourth-order valence-corrected chi connectivity index (χ4v) is 4.67. The van der Waals surface area contributed by atoms with Gasteiger partial charge in [0, 0.05) is 6.07 Å². The summed E-state index contributed by atoms with van der Waals surface area (Å²) in [5, 5.41) is 3.90. The number of benzene rings is 3. The van der Waals surface area contributed by atoms with Gasteiger partial charge < -0.3 is 9.47 Å². The number of hydrazone groups is 1. The lowest BCUT2D eigenvalue weighted by Gasteiger charge is -2.25. The van der Waals surface area contributed by atoms with Crippen LogP contribution in [0.2, 0.25) is 0 Å². The summed E-state index contributed by atoms with van der Waals surface area (Å²) in [4.78, 5) is 12.5. The average molecular weight is 484 g/mol. The van der Waals surface area contributed by atoms with Gasteiger partial charge in [0.2, 0.25) is 0 Å². The monoisotopic (exact) mass is 483 g/mol. The van der Waals surface area contributed by atoms with Crippen LogP contribution in [0.5, 0.6) is 11.5 Å². The number of halogens is 1. The van der Waals surface area contributed by atoms with Crippen LogP contribution >= 0.6 is 0 Å². The highest BCUT2D eigenvalue weighted by Gasteiger charge is 2.29. The Balaban J connectivity index is 1.58. The number of aryl methyl sites for hydroxylation is 1. The van der Waals surface area contributed by atoms with Crippen LogP contribution in [0, 0.1) is 12.7 Å². The Kier molecular flexibility index (Phi) is 6.78. The molecule has 0 saturated heterocycles.